The van der Waals surface area contributed by atoms with Crippen LogP contribution in [0.1, 0.15) is 23.9 Å². The summed E-state index contributed by atoms with van der Waals surface area (Å²) >= 11 is 8.03. The molecule has 1 aromatic carbocycles. The van der Waals surface area contributed by atoms with E-state index in [1.807, 2.05) is 5.38 Å². The zero-order chi connectivity index (χ0) is 17.0. The molecule has 1 fully saturated rings. The van der Waals surface area contributed by atoms with Gasteiger partial charge in [-0.2, -0.15) is 4.68 Å². The first-order valence-corrected chi connectivity index (χ1v) is 8.68. The van der Waals surface area contributed by atoms with Crippen molar-refractivity contribution >= 4 is 33.8 Å². The van der Waals surface area contributed by atoms with E-state index in [0.717, 1.165) is 17.8 Å². The molecule has 9 heteroatoms. The standard InChI is InChI=1S/C15H14ClN5O2S/c16-12-8(10-6-24-11(5-17)19-10)3-4-9-13(12)20(7-1-2-7)15(23)21(18)14(9)22/h3-4,6-7H,1-2,5,17-18H2. The third kappa shape index (κ3) is 2.18. The Labute approximate surface area is 145 Å². The van der Waals surface area contributed by atoms with Gasteiger partial charge in [-0.15, -0.1) is 11.3 Å². The summed E-state index contributed by atoms with van der Waals surface area (Å²) < 4.78 is 2.17. The Balaban J connectivity index is 2.08. The predicted molar refractivity (Wildman–Crippen MR) is 94.9 cm³/mol. The average Bonchev–Trinajstić information content (AvgIpc) is 3.30. The lowest BCUT2D eigenvalue weighted by atomic mass is 10.1. The van der Waals surface area contributed by atoms with Crippen molar-refractivity contribution in [3.05, 3.63) is 48.4 Å². The summed E-state index contributed by atoms with van der Waals surface area (Å²) in [5, 5.41) is 3.31. The van der Waals surface area contributed by atoms with Crippen LogP contribution in [0.4, 0.5) is 0 Å². The van der Waals surface area contributed by atoms with E-state index in [2.05, 4.69) is 4.98 Å². The average molecular weight is 364 g/mol. The molecule has 7 nitrogen and oxygen atoms in total. The van der Waals surface area contributed by atoms with Crippen molar-refractivity contribution in [3.63, 3.8) is 0 Å². The molecule has 2 aromatic heterocycles. The van der Waals surface area contributed by atoms with Crippen molar-refractivity contribution in [2.24, 2.45) is 5.73 Å². The number of hydrogen-bond donors (Lipinski definition) is 2. The van der Waals surface area contributed by atoms with Gasteiger partial charge >= 0.3 is 5.69 Å². The van der Waals surface area contributed by atoms with Gasteiger partial charge in [0.05, 0.1) is 21.6 Å². The highest BCUT2D eigenvalue weighted by Gasteiger charge is 2.29. The number of fused-ring (bicyclic) bond motifs is 1. The van der Waals surface area contributed by atoms with Gasteiger partial charge in [-0.3, -0.25) is 9.36 Å². The van der Waals surface area contributed by atoms with Crippen molar-refractivity contribution in [1.29, 1.82) is 0 Å². The van der Waals surface area contributed by atoms with Gasteiger partial charge in [-0.25, -0.2) is 9.78 Å². The van der Waals surface area contributed by atoms with Crippen LogP contribution in [-0.2, 0) is 6.54 Å². The molecule has 124 valence electrons. The van der Waals surface area contributed by atoms with Gasteiger partial charge in [0.15, 0.2) is 0 Å². The van der Waals surface area contributed by atoms with Crippen molar-refractivity contribution in [2.75, 3.05) is 5.84 Å². The number of hydrogen-bond acceptors (Lipinski definition) is 6. The molecule has 0 saturated heterocycles. The lowest BCUT2D eigenvalue weighted by Crippen LogP contribution is -2.44. The first kappa shape index (κ1) is 15.4. The van der Waals surface area contributed by atoms with Gasteiger partial charge in [0, 0.05) is 23.5 Å². The first-order valence-electron chi connectivity index (χ1n) is 7.42. The zero-order valence-electron chi connectivity index (χ0n) is 12.5. The second kappa shape index (κ2) is 5.44. The van der Waals surface area contributed by atoms with Crippen LogP contribution < -0.4 is 22.8 Å². The highest BCUT2D eigenvalue weighted by atomic mass is 35.5. The second-order valence-electron chi connectivity index (χ2n) is 5.71. The van der Waals surface area contributed by atoms with E-state index in [1.54, 1.807) is 12.1 Å². The topological polar surface area (TPSA) is 109 Å². The summed E-state index contributed by atoms with van der Waals surface area (Å²) in [6.07, 6.45) is 1.73. The van der Waals surface area contributed by atoms with E-state index in [0.29, 0.717) is 38.4 Å². The van der Waals surface area contributed by atoms with Crippen molar-refractivity contribution < 1.29 is 0 Å². The maximum Gasteiger partial charge on any atom is 0.350 e. The Kier molecular flexibility index (Phi) is 3.48. The minimum atomic E-state index is -0.554. The molecule has 0 atom stereocenters. The molecule has 1 aliphatic rings. The maximum absolute atomic E-state index is 12.4. The van der Waals surface area contributed by atoms with Crippen LogP contribution in [0.3, 0.4) is 0 Å². The SMILES string of the molecule is NCc1nc(-c2ccc3c(=O)n(N)c(=O)n(C4CC4)c3c2Cl)cs1. The molecular formula is C15H14ClN5O2S. The summed E-state index contributed by atoms with van der Waals surface area (Å²) in [7, 11) is 0. The van der Waals surface area contributed by atoms with Gasteiger partial charge in [-0.1, -0.05) is 17.7 Å². The van der Waals surface area contributed by atoms with E-state index in [4.69, 9.17) is 23.2 Å². The molecule has 0 unspecified atom stereocenters. The molecule has 0 bridgehead atoms. The maximum atomic E-state index is 12.4. The molecule has 24 heavy (non-hydrogen) atoms. The van der Waals surface area contributed by atoms with Crippen LogP contribution >= 0.6 is 22.9 Å². The van der Waals surface area contributed by atoms with E-state index in [9.17, 15) is 9.59 Å². The fourth-order valence-electron chi connectivity index (χ4n) is 2.80. The van der Waals surface area contributed by atoms with E-state index >= 15 is 0 Å². The molecule has 0 amide bonds. The summed E-state index contributed by atoms with van der Waals surface area (Å²) in [5.74, 6) is 5.64. The van der Waals surface area contributed by atoms with Gasteiger partial charge in [0.25, 0.3) is 5.56 Å². The summed E-state index contributed by atoms with van der Waals surface area (Å²) in [4.78, 5) is 29.2. The first-order chi connectivity index (χ1) is 11.5. The minimum Gasteiger partial charge on any atom is -0.332 e. The molecule has 4 N–H and O–H groups in total. The van der Waals surface area contributed by atoms with Gasteiger partial charge in [0.1, 0.15) is 5.01 Å². The van der Waals surface area contributed by atoms with Gasteiger partial charge in [-0.05, 0) is 18.9 Å². The lowest BCUT2D eigenvalue weighted by molar-refractivity contribution is 0.664. The largest absolute Gasteiger partial charge is 0.350 e. The normalized spacial score (nSPS) is 14.4. The van der Waals surface area contributed by atoms with E-state index < -0.39 is 11.2 Å². The number of benzene rings is 1. The van der Waals surface area contributed by atoms with Crippen LogP contribution in [0, 0.1) is 0 Å². The molecular weight excluding hydrogens is 350 g/mol. The number of nitrogens with zero attached hydrogens (tertiary/aromatic N) is 3. The molecule has 0 radical (unpaired) electrons. The summed E-state index contributed by atoms with van der Waals surface area (Å²) in [6, 6.07) is 3.39. The van der Waals surface area contributed by atoms with Gasteiger partial charge < -0.3 is 11.6 Å². The molecule has 0 aliphatic heterocycles. The molecule has 1 saturated carbocycles. The van der Waals surface area contributed by atoms with Crippen LogP contribution in [0.2, 0.25) is 5.02 Å². The Morgan fingerprint density at radius 2 is 2.08 bits per heavy atom. The van der Waals surface area contributed by atoms with Crippen LogP contribution in [0.5, 0.6) is 0 Å². The molecule has 1 aliphatic carbocycles. The predicted octanol–water partition coefficient (Wildman–Crippen LogP) is 1.45. The lowest BCUT2D eigenvalue weighted by Gasteiger charge is -2.14. The monoisotopic (exact) mass is 363 g/mol. The number of nitrogen functional groups attached to an aromatic ring is 1. The Bertz CT molecular complexity index is 1080. The van der Waals surface area contributed by atoms with Crippen molar-refractivity contribution in [3.8, 4) is 11.3 Å². The van der Waals surface area contributed by atoms with Crippen molar-refractivity contribution in [2.45, 2.75) is 25.4 Å². The highest BCUT2D eigenvalue weighted by Crippen LogP contribution is 2.39. The summed E-state index contributed by atoms with van der Waals surface area (Å²) in [5.41, 5.74) is 6.28. The van der Waals surface area contributed by atoms with Crippen molar-refractivity contribution in [1.82, 2.24) is 14.2 Å². The Hall–Kier alpha value is -2.16. The number of nitrogens with two attached hydrogens (primary N) is 2. The molecule has 0 spiro atoms. The van der Waals surface area contributed by atoms with Gasteiger partial charge in [0.2, 0.25) is 0 Å². The van der Waals surface area contributed by atoms with Crippen LogP contribution in [0.25, 0.3) is 22.2 Å². The third-order valence-electron chi connectivity index (χ3n) is 4.13. The molecule has 4 rings (SSSR count). The molecule has 3 aromatic rings. The van der Waals surface area contributed by atoms with E-state index in [-0.39, 0.29) is 6.04 Å². The Morgan fingerprint density at radius 3 is 2.71 bits per heavy atom. The number of aromatic nitrogens is 3. The quantitative estimate of drug-likeness (QED) is 0.684. The fourth-order valence-corrected chi connectivity index (χ4v) is 3.83. The zero-order valence-corrected chi connectivity index (χ0v) is 14.1. The van der Waals surface area contributed by atoms with E-state index in [1.165, 1.54) is 15.9 Å². The highest BCUT2D eigenvalue weighted by molar-refractivity contribution is 7.09. The number of rotatable bonds is 3. The second-order valence-corrected chi connectivity index (χ2v) is 7.03. The smallest absolute Gasteiger partial charge is 0.332 e. The minimum absolute atomic E-state index is 0.0261. The van der Waals surface area contributed by atoms with Crippen LogP contribution in [-0.4, -0.2) is 14.2 Å². The third-order valence-corrected chi connectivity index (χ3v) is 5.39. The van der Waals surface area contributed by atoms with Crippen LogP contribution in [0.15, 0.2) is 27.1 Å². The number of halogens is 1. The molecule has 2 heterocycles. The summed E-state index contributed by atoms with van der Waals surface area (Å²) in [6.45, 7) is 0.348. The number of thiazole rings is 1. The fraction of sp³-hybridized carbons (Fsp3) is 0.267. The Morgan fingerprint density at radius 1 is 1.33 bits per heavy atom.